The van der Waals surface area contributed by atoms with Crippen molar-refractivity contribution in [3.63, 3.8) is 0 Å². The van der Waals surface area contributed by atoms with Gasteiger partial charge in [0.2, 0.25) is 10.0 Å². The largest absolute Gasteiger partial charge is 0.326 e. The van der Waals surface area contributed by atoms with E-state index in [-0.39, 0.29) is 11.6 Å². The molecule has 0 aliphatic heterocycles. The van der Waals surface area contributed by atoms with Crippen LogP contribution in [0.25, 0.3) is 0 Å². The number of hydrogen-bond donors (Lipinski definition) is 2. The summed E-state index contributed by atoms with van der Waals surface area (Å²) in [6.45, 7) is 0.435. The lowest BCUT2D eigenvalue weighted by Crippen LogP contribution is -2.16. The second-order valence-electron chi connectivity index (χ2n) is 3.97. The molecule has 0 amide bonds. The highest BCUT2D eigenvalue weighted by molar-refractivity contribution is 7.91. The summed E-state index contributed by atoms with van der Waals surface area (Å²) in [5.74, 6) is 0.0927. The summed E-state index contributed by atoms with van der Waals surface area (Å²) < 4.78 is 26.2. The van der Waals surface area contributed by atoms with Crippen LogP contribution in [0.5, 0.6) is 0 Å². The van der Waals surface area contributed by atoms with Gasteiger partial charge in [-0.15, -0.1) is 0 Å². The number of nitrogens with zero attached hydrogens (tertiary/aromatic N) is 2. The van der Waals surface area contributed by atoms with Gasteiger partial charge in [-0.05, 0) is 11.1 Å². The average molecular weight is 278 g/mol. The molecule has 0 unspecified atom stereocenters. The van der Waals surface area contributed by atoms with Gasteiger partial charge in [0.25, 0.3) is 0 Å². The van der Waals surface area contributed by atoms with Crippen molar-refractivity contribution < 1.29 is 8.42 Å². The van der Waals surface area contributed by atoms with Gasteiger partial charge in [0.15, 0.2) is 5.82 Å². The number of benzene rings is 1. The molecule has 100 valence electrons. The number of aromatic nitrogens is 2. The molecule has 0 bridgehead atoms. The number of hydrogen-bond acceptors (Lipinski definition) is 5. The fraction of sp³-hybridized carbons (Fsp3) is 0.167. The quantitative estimate of drug-likeness (QED) is 0.846. The van der Waals surface area contributed by atoms with Crippen molar-refractivity contribution in [1.82, 2.24) is 9.97 Å². The van der Waals surface area contributed by atoms with Gasteiger partial charge >= 0.3 is 0 Å². The second kappa shape index (κ2) is 5.77. The Morgan fingerprint density at radius 2 is 1.79 bits per heavy atom. The standard InChI is InChI=1S/C12H14N4O2S/c13-7-10-1-3-11(4-2-10)9-19(17,18)16-12-8-14-5-6-15-12/h1-6,8H,7,9,13H2,(H,15,16). The normalized spacial score (nSPS) is 11.2. The smallest absolute Gasteiger partial charge is 0.238 e. The van der Waals surface area contributed by atoms with E-state index in [0.717, 1.165) is 5.56 Å². The maximum absolute atomic E-state index is 11.9. The highest BCUT2D eigenvalue weighted by Gasteiger charge is 2.12. The Hall–Kier alpha value is -1.99. The lowest BCUT2D eigenvalue weighted by Gasteiger charge is -2.07. The van der Waals surface area contributed by atoms with Crippen LogP contribution < -0.4 is 10.5 Å². The topological polar surface area (TPSA) is 98.0 Å². The zero-order valence-corrected chi connectivity index (χ0v) is 11.0. The molecular formula is C12H14N4O2S. The van der Waals surface area contributed by atoms with Crippen LogP contribution in [-0.4, -0.2) is 18.4 Å². The molecule has 2 aromatic rings. The van der Waals surface area contributed by atoms with Crippen LogP contribution in [-0.2, 0) is 22.3 Å². The van der Waals surface area contributed by atoms with Crippen LogP contribution in [0.3, 0.4) is 0 Å². The first-order valence-electron chi connectivity index (χ1n) is 5.63. The molecule has 0 atom stereocenters. The van der Waals surface area contributed by atoms with Crippen LogP contribution >= 0.6 is 0 Å². The summed E-state index contributed by atoms with van der Waals surface area (Å²) >= 11 is 0. The van der Waals surface area contributed by atoms with Crippen LogP contribution in [0.2, 0.25) is 0 Å². The first-order chi connectivity index (χ1) is 9.09. The predicted octanol–water partition coefficient (Wildman–Crippen LogP) is 0.877. The summed E-state index contributed by atoms with van der Waals surface area (Å²) in [6.07, 6.45) is 4.26. The van der Waals surface area contributed by atoms with E-state index in [1.54, 1.807) is 12.1 Å². The predicted molar refractivity (Wildman–Crippen MR) is 72.6 cm³/mol. The number of nitrogens with one attached hydrogen (secondary N) is 1. The van der Waals surface area contributed by atoms with Crippen LogP contribution in [0.1, 0.15) is 11.1 Å². The molecular weight excluding hydrogens is 264 g/mol. The molecule has 7 heteroatoms. The minimum Gasteiger partial charge on any atom is -0.326 e. The van der Waals surface area contributed by atoms with Gasteiger partial charge in [-0.3, -0.25) is 9.71 Å². The molecule has 1 aromatic carbocycles. The molecule has 1 heterocycles. The Morgan fingerprint density at radius 1 is 1.11 bits per heavy atom. The van der Waals surface area contributed by atoms with Crippen molar-refractivity contribution in [3.8, 4) is 0 Å². The molecule has 3 N–H and O–H groups in total. The van der Waals surface area contributed by atoms with E-state index in [0.29, 0.717) is 12.1 Å². The van der Waals surface area contributed by atoms with Gasteiger partial charge < -0.3 is 5.73 Å². The second-order valence-corrected chi connectivity index (χ2v) is 5.69. The molecule has 0 saturated heterocycles. The molecule has 19 heavy (non-hydrogen) atoms. The van der Waals surface area contributed by atoms with Crippen molar-refractivity contribution in [3.05, 3.63) is 54.0 Å². The molecule has 2 rings (SSSR count). The van der Waals surface area contributed by atoms with Crippen molar-refractivity contribution in [2.24, 2.45) is 5.73 Å². The SMILES string of the molecule is NCc1ccc(CS(=O)(=O)Nc2cnccn2)cc1. The van der Waals surface area contributed by atoms with E-state index < -0.39 is 10.0 Å². The molecule has 1 aromatic heterocycles. The summed E-state index contributed by atoms with van der Waals surface area (Å²) in [5.41, 5.74) is 7.13. The van der Waals surface area contributed by atoms with Crippen molar-refractivity contribution >= 4 is 15.8 Å². The van der Waals surface area contributed by atoms with E-state index in [1.165, 1.54) is 18.6 Å². The third-order valence-corrected chi connectivity index (χ3v) is 3.67. The van der Waals surface area contributed by atoms with E-state index in [4.69, 9.17) is 5.73 Å². The summed E-state index contributed by atoms with van der Waals surface area (Å²) in [6, 6.07) is 7.12. The molecule has 0 aliphatic rings. The molecule has 0 fully saturated rings. The highest BCUT2D eigenvalue weighted by atomic mass is 32.2. The van der Waals surface area contributed by atoms with Crippen LogP contribution in [0.15, 0.2) is 42.9 Å². The zero-order chi connectivity index (χ0) is 13.7. The monoisotopic (exact) mass is 278 g/mol. The third-order valence-electron chi connectivity index (χ3n) is 2.44. The fourth-order valence-electron chi connectivity index (χ4n) is 1.54. The Morgan fingerprint density at radius 3 is 2.37 bits per heavy atom. The Kier molecular flexibility index (Phi) is 4.08. The van der Waals surface area contributed by atoms with Gasteiger partial charge in [-0.1, -0.05) is 24.3 Å². The van der Waals surface area contributed by atoms with E-state index in [9.17, 15) is 8.42 Å². The van der Waals surface area contributed by atoms with E-state index in [2.05, 4.69) is 14.7 Å². The zero-order valence-electron chi connectivity index (χ0n) is 10.2. The molecule has 0 radical (unpaired) electrons. The highest BCUT2D eigenvalue weighted by Crippen LogP contribution is 2.10. The van der Waals surface area contributed by atoms with E-state index in [1.807, 2.05) is 12.1 Å². The van der Waals surface area contributed by atoms with Crippen molar-refractivity contribution in [2.75, 3.05) is 4.72 Å². The lowest BCUT2D eigenvalue weighted by atomic mass is 10.1. The van der Waals surface area contributed by atoms with Crippen molar-refractivity contribution in [2.45, 2.75) is 12.3 Å². The molecule has 0 aliphatic carbocycles. The maximum Gasteiger partial charge on any atom is 0.238 e. The summed E-state index contributed by atoms with van der Waals surface area (Å²) in [5, 5.41) is 0. The number of nitrogens with two attached hydrogens (primary N) is 1. The Bertz CT molecular complexity index is 627. The Labute approximate surface area is 111 Å². The van der Waals surface area contributed by atoms with E-state index >= 15 is 0 Å². The molecule has 6 nitrogen and oxygen atoms in total. The lowest BCUT2D eigenvalue weighted by molar-refractivity contribution is 0.600. The van der Waals surface area contributed by atoms with Gasteiger partial charge in [0.1, 0.15) is 0 Å². The summed E-state index contributed by atoms with van der Waals surface area (Å²) in [4.78, 5) is 7.66. The van der Waals surface area contributed by atoms with Crippen LogP contribution in [0, 0.1) is 0 Å². The van der Waals surface area contributed by atoms with Gasteiger partial charge in [-0.25, -0.2) is 13.4 Å². The number of anilines is 1. The molecule has 0 saturated carbocycles. The Balaban J connectivity index is 2.08. The fourth-order valence-corrected chi connectivity index (χ4v) is 2.67. The minimum atomic E-state index is -3.49. The average Bonchev–Trinajstić information content (AvgIpc) is 2.39. The van der Waals surface area contributed by atoms with Crippen molar-refractivity contribution in [1.29, 1.82) is 0 Å². The molecule has 0 spiro atoms. The minimum absolute atomic E-state index is 0.117. The number of sulfonamides is 1. The van der Waals surface area contributed by atoms with Gasteiger partial charge in [0, 0.05) is 18.9 Å². The first kappa shape index (κ1) is 13.4. The van der Waals surface area contributed by atoms with Gasteiger partial charge in [0.05, 0.1) is 11.9 Å². The maximum atomic E-state index is 11.9. The number of rotatable bonds is 5. The third kappa shape index (κ3) is 4.01. The van der Waals surface area contributed by atoms with Gasteiger partial charge in [-0.2, -0.15) is 0 Å². The summed E-state index contributed by atoms with van der Waals surface area (Å²) in [7, 11) is -3.49. The van der Waals surface area contributed by atoms with Crippen LogP contribution in [0.4, 0.5) is 5.82 Å². The first-order valence-corrected chi connectivity index (χ1v) is 7.29.